The molecule has 0 spiro atoms. The maximum absolute atomic E-state index is 8.62. The van der Waals surface area contributed by atoms with E-state index in [2.05, 4.69) is 23.0 Å². The minimum atomic E-state index is 0.375. The molecule has 0 aliphatic carbocycles. The van der Waals surface area contributed by atoms with Gasteiger partial charge in [-0.1, -0.05) is 30.7 Å². The number of benzene rings is 1. The van der Waals surface area contributed by atoms with E-state index < -0.39 is 0 Å². The van der Waals surface area contributed by atoms with Crippen LogP contribution in [0.3, 0.4) is 0 Å². The highest BCUT2D eigenvalue weighted by molar-refractivity contribution is 6.29. The van der Waals surface area contributed by atoms with Crippen molar-refractivity contribution >= 4 is 11.6 Å². The molecule has 1 heterocycles. The second-order valence-electron chi connectivity index (χ2n) is 4.28. The van der Waals surface area contributed by atoms with E-state index in [1.54, 1.807) is 6.07 Å². The van der Waals surface area contributed by atoms with Gasteiger partial charge in [0.15, 0.2) is 0 Å². The third-order valence-electron chi connectivity index (χ3n) is 2.62. The first-order valence-electron chi connectivity index (χ1n) is 6.38. The predicted octanol–water partition coefficient (Wildman–Crippen LogP) is 3.94. The van der Waals surface area contributed by atoms with Crippen molar-refractivity contribution in [3.63, 3.8) is 0 Å². The predicted molar refractivity (Wildman–Crippen MR) is 76.9 cm³/mol. The fraction of sp³-hybridized carbons (Fsp3) is 0.267. The monoisotopic (exact) mass is 287 g/mol. The Labute approximate surface area is 123 Å². The molecule has 0 aliphatic rings. The number of nitriles is 1. The number of hydrogen-bond donors (Lipinski definition) is 0. The molecule has 0 unspecified atom stereocenters. The highest BCUT2D eigenvalue weighted by atomic mass is 35.5. The van der Waals surface area contributed by atoms with Gasteiger partial charge in [-0.25, -0.2) is 4.98 Å². The number of halogens is 1. The Kier molecular flexibility index (Phi) is 4.91. The van der Waals surface area contributed by atoms with Gasteiger partial charge < -0.3 is 4.74 Å². The zero-order valence-corrected chi connectivity index (χ0v) is 11.9. The molecule has 0 bridgehead atoms. The lowest BCUT2D eigenvalue weighted by Gasteiger charge is -2.07. The molecule has 0 saturated carbocycles. The molecule has 1 aromatic heterocycles. The van der Waals surface area contributed by atoms with Crippen LogP contribution in [0.25, 0.3) is 0 Å². The molecule has 2 rings (SSSR count). The van der Waals surface area contributed by atoms with E-state index in [0.717, 1.165) is 18.4 Å². The van der Waals surface area contributed by atoms with Gasteiger partial charge in [0.05, 0.1) is 12.5 Å². The van der Waals surface area contributed by atoms with Gasteiger partial charge in [0.1, 0.15) is 16.7 Å². The molecule has 102 valence electrons. The second kappa shape index (κ2) is 6.88. The lowest BCUT2D eigenvalue weighted by atomic mass is 10.2. The first-order chi connectivity index (χ1) is 9.71. The van der Waals surface area contributed by atoms with Gasteiger partial charge in [-0.3, -0.25) is 0 Å². The van der Waals surface area contributed by atoms with Crippen molar-refractivity contribution in [2.45, 2.75) is 26.2 Å². The first kappa shape index (κ1) is 14.3. The number of ether oxygens (including phenoxy) is 1. The summed E-state index contributed by atoms with van der Waals surface area (Å²) in [5.74, 6) is 1.77. The Morgan fingerprint density at radius 2 is 2.00 bits per heavy atom. The summed E-state index contributed by atoms with van der Waals surface area (Å²) >= 11 is 5.95. The van der Waals surface area contributed by atoms with E-state index in [4.69, 9.17) is 21.6 Å². The van der Waals surface area contributed by atoms with Gasteiger partial charge in [0, 0.05) is 12.5 Å². The first-order valence-corrected chi connectivity index (χ1v) is 6.76. The molecular formula is C15H14ClN3O. The van der Waals surface area contributed by atoms with Crippen molar-refractivity contribution in [1.29, 1.82) is 5.26 Å². The fourth-order valence-corrected chi connectivity index (χ4v) is 1.91. The van der Waals surface area contributed by atoms with Gasteiger partial charge in [0.2, 0.25) is 5.88 Å². The van der Waals surface area contributed by atoms with Crippen molar-refractivity contribution in [2.75, 3.05) is 0 Å². The van der Waals surface area contributed by atoms with Crippen LogP contribution < -0.4 is 4.74 Å². The standard InChI is InChI=1S/C15H14ClN3O/c1-2-3-14-18-13(16)10-15(19-14)20-12-6-4-11(5-7-12)8-9-17/h4-7,10H,2-3,8H2,1H3. The van der Waals surface area contributed by atoms with Crippen LogP contribution in [-0.2, 0) is 12.8 Å². The Hall–Kier alpha value is -2.12. The van der Waals surface area contributed by atoms with Crippen LogP contribution in [0.2, 0.25) is 5.15 Å². The van der Waals surface area contributed by atoms with Crippen molar-refractivity contribution in [1.82, 2.24) is 9.97 Å². The van der Waals surface area contributed by atoms with E-state index in [0.29, 0.717) is 29.0 Å². The normalized spacial score (nSPS) is 10.1. The third kappa shape index (κ3) is 3.94. The Balaban J connectivity index is 2.14. The summed E-state index contributed by atoms with van der Waals surface area (Å²) in [6.45, 7) is 2.05. The average molecular weight is 288 g/mol. The summed E-state index contributed by atoms with van der Waals surface area (Å²) in [5.41, 5.74) is 0.951. The van der Waals surface area contributed by atoms with E-state index in [1.165, 1.54) is 0 Å². The van der Waals surface area contributed by atoms with E-state index >= 15 is 0 Å². The Bertz CT molecular complexity index is 620. The fourth-order valence-electron chi connectivity index (χ4n) is 1.72. The number of aromatic nitrogens is 2. The van der Waals surface area contributed by atoms with Crippen LogP contribution >= 0.6 is 11.6 Å². The van der Waals surface area contributed by atoms with Crippen molar-refractivity contribution in [3.8, 4) is 17.7 Å². The highest BCUT2D eigenvalue weighted by Crippen LogP contribution is 2.22. The topological polar surface area (TPSA) is 58.8 Å². The summed E-state index contributed by atoms with van der Waals surface area (Å²) in [6.07, 6.45) is 2.10. The molecule has 0 fully saturated rings. The quantitative estimate of drug-likeness (QED) is 0.782. The summed E-state index contributed by atoms with van der Waals surface area (Å²) in [5, 5.41) is 9.00. The molecule has 1 aromatic carbocycles. The Morgan fingerprint density at radius 1 is 1.25 bits per heavy atom. The Morgan fingerprint density at radius 3 is 2.65 bits per heavy atom. The van der Waals surface area contributed by atoms with E-state index in [-0.39, 0.29) is 0 Å². The molecule has 0 radical (unpaired) electrons. The van der Waals surface area contributed by atoms with Gasteiger partial charge >= 0.3 is 0 Å². The van der Waals surface area contributed by atoms with Crippen molar-refractivity contribution in [3.05, 3.63) is 46.9 Å². The van der Waals surface area contributed by atoms with Crippen LogP contribution in [0.5, 0.6) is 11.6 Å². The maximum Gasteiger partial charge on any atom is 0.224 e. The van der Waals surface area contributed by atoms with Gasteiger partial charge in [0.25, 0.3) is 0 Å². The number of nitrogens with zero attached hydrogens (tertiary/aromatic N) is 3. The lowest BCUT2D eigenvalue weighted by molar-refractivity contribution is 0.458. The van der Waals surface area contributed by atoms with Crippen LogP contribution in [0.4, 0.5) is 0 Å². The molecule has 0 saturated heterocycles. The second-order valence-corrected chi connectivity index (χ2v) is 4.66. The summed E-state index contributed by atoms with van der Waals surface area (Å²) in [4.78, 5) is 8.45. The van der Waals surface area contributed by atoms with E-state index in [9.17, 15) is 0 Å². The summed E-state index contributed by atoms with van der Waals surface area (Å²) in [6, 6.07) is 11.0. The SMILES string of the molecule is CCCc1nc(Cl)cc(Oc2ccc(CC#N)cc2)n1. The van der Waals surface area contributed by atoms with Crippen molar-refractivity contribution in [2.24, 2.45) is 0 Å². The van der Waals surface area contributed by atoms with Gasteiger partial charge in [-0.2, -0.15) is 10.2 Å². The largest absolute Gasteiger partial charge is 0.439 e. The molecule has 0 amide bonds. The molecule has 0 atom stereocenters. The minimum Gasteiger partial charge on any atom is -0.439 e. The molecule has 5 heteroatoms. The van der Waals surface area contributed by atoms with Crippen LogP contribution in [-0.4, -0.2) is 9.97 Å². The van der Waals surface area contributed by atoms with E-state index in [1.807, 2.05) is 24.3 Å². The zero-order chi connectivity index (χ0) is 14.4. The zero-order valence-electron chi connectivity index (χ0n) is 11.1. The van der Waals surface area contributed by atoms with Gasteiger partial charge in [-0.15, -0.1) is 0 Å². The molecule has 0 aliphatic heterocycles. The highest BCUT2D eigenvalue weighted by Gasteiger charge is 2.05. The van der Waals surface area contributed by atoms with Crippen LogP contribution in [0, 0.1) is 11.3 Å². The molecular weight excluding hydrogens is 274 g/mol. The van der Waals surface area contributed by atoms with Crippen molar-refractivity contribution < 1.29 is 4.74 Å². The lowest BCUT2D eigenvalue weighted by Crippen LogP contribution is -1.97. The molecule has 0 N–H and O–H groups in total. The summed E-state index contributed by atoms with van der Waals surface area (Å²) in [7, 11) is 0. The molecule has 2 aromatic rings. The number of hydrogen-bond acceptors (Lipinski definition) is 4. The maximum atomic E-state index is 8.62. The molecule has 20 heavy (non-hydrogen) atoms. The average Bonchev–Trinajstić information content (AvgIpc) is 2.41. The van der Waals surface area contributed by atoms with Crippen LogP contribution in [0.15, 0.2) is 30.3 Å². The number of rotatable bonds is 5. The third-order valence-corrected chi connectivity index (χ3v) is 2.81. The van der Waals surface area contributed by atoms with Crippen LogP contribution in [0.1, 0.15) is 24.7 Å². The number of aryl methyl sites for hydroxylation is 1. The minimum absolute atomic E-state index is 0.375. The smallest absolute Gasteiger partial charge is 0.224 e. The van der Waals surface area contributed by atoms with Gasteiger partial charge in [-0.05, 0) is 24.1 Å². The molecule has 4 nitrogen and oxygen atoms in total. The summed E-state index contributed by atoms with van der Waals surface area (Å²) < 4.78 is 5.66.